The molecule has 2 aromatic rings. The number of nitrogens with one attached hydrogen (secondary N) is 1. The number of benzene rings is 2. The highest BCUT2D eigenvalue weighted by Gasteiger charge is 2.42. The molecule has 0 bridgehead atoms. The van der Waals surface area contributed by atoms with Gasteiger partial charge in [0.25, 0.3) is 5.91 Å². The Hall–Kier alpha value is -3.07. The van der Waals surface area contributed by atoms with Crippen LogP contribution in [0.2, 0.25) is 0 Å². The monoisotopic (exact) mass is 418 g/mol. The van der Waals surface area contributed by atoms with Crippen molar-refractivity contribution in [2.75, 3.05) is 30.3 Å². The van der Waals surface area contributed by atoms with Gasteiger partial charge in [-0.1, -0.05) is 13.0 Å². The normalized spacial score (nSPS) is 17.8. The van der Waals surface area contributed by atoms with E-state index < -0.39 is 21.8 Å². The fourth-order valence-electron chi connectivity index (χ4n) is 2.97. The zero-order valence-electron chi connectivity index (χ0n) is 16.1. The second-order valence-corrected chi connectivity index (χ2v) is 8.47. The molecule has 2 amide bonds. The van der Waals surface area contributed by atoms with E-state index in [1.54, 1.807) is 50.4 Å². The number of hydrogen-bond donors (Lipinski definition) is 1. The Morgan fingerprint density at radius 2 is 1.86 bits per heavy atom. The van der Waals surface area contributed by atoms with Gasteiger partial charge in [-0.05, 0) is 42.5 Å². The number of ether oxygens (including phenoxy) is 2. The first-order chi connectivity index (χ1) is 13.8. The minimum Gasteiger partial charge on any atom is -0.497 e. The largest absolute Gasteiger partial charge is 0.497 e. The lowest BCUT2D eigenvalue weighted by Gasteiger charge is -2.16. The number of hydrogen-bond acceptors (Lipinski definition) is 6. The molecule has 1 fully saturated rings. The molecule has 0 radical (unpaired) electrons. The molecule has 0 aliphatic carbocycles. The number of carbonyl (C=O) groups is 2. The number of amides is 2. The average Bonchev–Trinajstić information content (AvgIpc) is 2.92. The summed E-state index contributed by atoms with van der Waals surface area (Å²) >= 11 is 0. The highest BCUT2D eigenvalue weighted by atomic mass is 32.2. The van der Waals surface area contributed by atoms with Crippen LogP contribution in [-0.2, 0) is 14.8 Å². The maximum Gasteiger partial charge on any atom is 0.251 e. The van der Waals surface area contributed by atoms with Crippen LogP contribution < -0.4 is 19.1 Å². The van der Waals surface area contributed by atoms with Crippen molar-refractivity contribution < 1.29 is 27.5 Å². The van der Waals surface area contributed by atoms with Gasteiger partial charge in [-0.2, -0.15) is 0 Å². The molecule has 1 aliphatic heterocycles. The molecule has 2 aromatic carbocycles. The van der Waals surface area contributed by atoms with E-state index >= 15 is 0 Å². The predicted octanol–water partition coefficient (Wildman–Crippen LogP) is 1.82. The molecule has 1 aliphatic rings. The summed E-state index contributed by atoms with van der Waals surface area (Å²) < 4.78 is 35.9. The van der Waals surface area contributed by atoms with E-state index in [2.05, 4.69) is 5.32 Å². The second-order valence-electron chi connectivity index (χ2n) is 6.61. The van der Waals surface area contributed by atoms with Crippen molar-refractivity contribution >= 4 is 27.5 Å². The maximum absolute atomic E-state index is 12.4. The van der Waals surface area contributed by atoms with Crippen LogP contribution in [0.3, 0.4) is 0 Å². The van der Waals surface area contributed by atoms with Crippen molar-refractivity contribution in [3.63, 3.8) is 0 Å². The van der Waals surface area contributed by atoms with Crippen LogP contribution in [0.5, 0.6) is 11.5 Å². The van der Waals surface area contributed by atoms with Gasteiger partial charge in [0.2, 0.25) is 15.9 Å². The molecule has 0 spiro atoms. The van der Waals surface area contributed by atoms with Crippen molar-refractivity contribution in [1.29, 1.82) is 0 Å². The molecule has 0 saturated carbocycles. The fraction of sp³-hybridized carbons (Fsp3) is 0.300. The van der Waals surface area contributed by atoms with Crippen molar-refractivity contribution in [1.82, 2.24) is 5.32 Å². The zero-order valence-corrected chi connectivity index (χ0v) is 16.9. The van der Waals surface area contributed by atoms with E-state index in [1.807, 2.05) is 0 Å². The molecule has 1 unspecified atom stereocenters. The molecular weight excluding hydrogens is 396 g/mol. The van der Waals surface area contributed by atoms with Gasteiger partial charge in [0.1, 0.15) is 18.1 Å². The topological polar surface area (TPSA) is 102 Å². The Balaban J connectivity index is 1.59. The summed E-state index contributed by atoms with van der Waals surface area (Å²) in [5, 5.41) is 2.71. The molecule has 8 nitrogen and oxygen atoms in total. The predicted molar refractivity (Wildman–Crippen MR) is 108 cm³/mol. The Morgan fingerprint density at radius 3 is 2.48 bits per heavy atom. The number of rotatable bonds is 7. The summed E-state index contributed by atoms with van der Waals surface area (Å²) in [6.07, 6.45) is 0. The van der Waals surface area contributed by atoms with E-state index in [9.17, 15) is 18.0 Å². The Bertz CT molecular complexity index is 1000. The van der Waals surface area contributed by atoms with E-state index in [-0.39, 0.29) is 36.1 Å². The molecule has 3 rings (SSSR count). The fourth-order valence-corrected chi connectivity index (χ4v) is 4.78. The van der Waals surface area contributed by atoms with Gasteiger partial charge < -0.3 is 14.8 Å². The summed E-state index contributed by atoms with van der Waals surface area (Å²) in [7, 11) is -2.14. The summed E-state index contributed by atoms with van der Waals surface area (Å²) in [4.78, 5) is 24.6. The van der Waals surface area contributed by atoms with Crippen LogP contribution in [0.15, 0.2) is 48.5 Å². The molecule has 29 heavy (non-hydrogen) atoms. The summed E-state index contributed by atoms with van der Waals surface area (Å²) in [5.74, 6) is -0.344. The van der Waals surface area contributed by atoms with Crippen LogP contribution in [0, 0.1) is 5.92 Å². The minimum absolute atomic E-state index is 0.168. The Kier molecular flexibility index (Phi) is 6.07. The van der Waals surface area contributed by atoms with Crippen LogP contribution in [0.1, 0.15) is 17.3 Å². The molecule has 1 heterocycles. The average molecular weight is 418 g/mol. The van der Waals surface area contributed by atoms with Crippen LogP contribution in [0.4, 0.5) is 5.69 Å². The lowest BCUT2D eigenvalue weighted by Crippen LogP contribution is -2.31. The van der Waals surface area contributed by atoms with Crippen LogP contribution >= 0.6 is 0 Å². The molecule has 154 valence electrons. The molecule has 0 aromatic heterocycles. The van der Waals surface area contributed by atoms with Crippen molar-refractivity contribution in [2.45, 2.75) is 6.92 Å². The summed E-state index contributed by atoms with van der Waals surface area (Å²) in [6, 6.07) is 13.1. The highest BCUT2D eigenvalue weighted by molar-refractivity contribution is 7.94. The summed E-state index contributed by atoms with van der Waals surface area (Å²) in [5.41, 5.74) is 0.427. The number of nitrogens with zero attached hydrogens (tertiary/aromatic N) is 1. The standard InChI is InChI=1S/C20H22N2O6S/c1-14-13-29(25,26)22(20(14)24)16-5-3-4-15(12-16)19(23)21-10-11-28-18-8-6-17(27-2)7-9-18/h3-9,12,14H,10-11,13H2,1-2H3,(H,21,23). The van der Waals surface area contributed by atoms with E-state index in [1.165, 1.54) is 12.1 Å². The van der Waals surface area contributed by atoms with E-state index in [4.69, 9.17) is 9.47 Å². The zero-order chi connectivity index (χ0) is 21.0. The van der Waals surface area contributed by atoms with Crippen LogP contribution in [-0.4, -0.2) is 46.2 Å². The third-order valence-corrected chi connectivity index (χ3v) is 6.29. The number of anilines is 1. The first-order valence-electron chi connectivity index (χ1n) is 9.04. The molecule has 9 heteroatoms. The van der Waals surface area contributed by atoms with Crippen LogP contribution in [0.25, 0.3) is 0 Å². The molecule has 1 atom stereocenters. The first-order valence-corrected chi connectivity index (χ1v) is 10.6. The molecular formula is C20H22N2O6S. The lowest BCUT2D eigenvalue weighted by molar-refractivity contribution is -0.119. The highest BCUT2D eigenvalue weighted by Crippen LogP contribution is 2.28. The number of methoxy groups -OCH3 is 1. The van der Waals surface area contributed by atoms with Gasteiger partial charge in [0.15, 0.2) is 0 Å². The smallest absolute Gasteiger partial charge is 0.251 e. The van der Waals surface area contributed by atoms with Gasteiger partial charge in [-0.15, -0.1) is 0 Å². The third-order valence-electron chi connectivity index (χ3n) is 4.42. The van der Waals surface area contributed by atoms with Gasteiger partial charge in [0.05, 0.1) is 31.0 Å². The molecule has 1 saturated heterocycles. The number of carbonyl (C=O) groups excluding carboxylic acids is 2. The van der Waals surface area contributed by atoms with Gasteiger partial charge in [0, 0.05) is 5.56 Å². The first kappa shape index (κ1) is 20.7. The quantitative estimate of drug-likeness (QED) is 0.688. The van der Waals surface area contributed by atoms with E-state index in [0.29, 0.717) is 5.75 Å². The van der Waals surface area contributed by atoms with Crippen molar-refractivity contribution in [2.24, 2.45) is 5.92 Å². The maximum atomic E-state index is 12.4. The van der Waals surface area contributed by atoms with Crippen molar-refractivity contribution in [3.8, 4) is 11.5 Å². The van der Waals surface area contributed by atoms with Gasteiger partial charge in [-0.25, -0.2) is 12.7 Å². The van der Waals surface area contributed by atoms with Gasteiger partial charge in [-0.3, -0.25) is 9.59 Å². The summed E-state index contributed by atoms with van der Waals surface area (Å²) in [6.45, 7) is 2.08. The second kappa shape index (κ2) is 8.52. The Labute approximate surface area is 169 Å². The molecule has 1 N–H and O–H groups in total. The lowest BCUT2D eigenvalue weighted by atomic mass is 10.1. The van der Waals surface area contributed by atoms with E-state index in [0.717, 1.165) is 10.1 Å². The van der Waals surface area contributed by atoms with Gasteiger partial charge >= 0.3 is 0 Å². The number of sulfonamides is 1. The Morgan fingerprint density at radius 1 is 1.17 bits per heavy atom. The van der Waals surface area contributed by atoms with Crippen molar-refractivity contribution in [3.05, 3.63) is 54.1 Å². The third kappa shape index (κ3) is 4.68. The SMILES string of the molecule is COc1ccc(OCCNC(=O)c2cccc(N3C(=O)C(C)CS3(=O)=O)c2)cc1. The minimum atomic E-state index is -3.71.